The average molecular weight is 423 g/mol. The number of nitrogens with zero attached hydrogens (tertiary/aromatic N) is 6. The highest BCUT2D eigenvalue weighted by Gasteiger charge is 2.28. The predicted octanol–water partition coefficient (Wildman–Crippen LogP) is 2.78. The van der Waals surface area contributed by atoms with E-state index < -0.39 is 0 Å². The normalized spacial score (nSPS) is 22.6. The van der Waals surface area contributed by atoms with Crippen molar-refractivity contribution in [3.8, 4) is 11.5 Å². The van der Waals surface area contributed by atoms with Crippen LogP contribution in [0, 0.1) is 25.7 Å². The molecule has 0 spiro atoms. The Balaban J connectivity index is 1.40. The van der Waals surface area contributed by atoms with Gasteiger partial charge in [0.25, 0.3) is 0 Å². The fourth-order valence-electron chi connectivity index (χ4n) is 4.81. The number of piperidine rings is 1. The van der Waals surface area contributed by atoms with E-state index >= 15 is 0 Å². The van der Waals surface area contributed by atoms with Crippen molar-refractivity contribution in [1.82, 2.24) is 24.8 Å². The highest BCUT2D eigenvalue weighted by atomic mass is 16.2. The Morgan fingerprint density at radius 3 is 2.39 bits per heavy atom. The Bertz CT molecular complexity index is 900. The van der Waals surface area contributed by atoms with Crippen molar-refractivity contribution in [2.45, 2.75) is 34.1 Å². The smallest absolute Gasteiger partial charge is 0.236 e. The third-order valence-electron chi connectivity index (χ3n) is 6.51. The number of carbonyl (C=O) groups excluding carboxylic acids is 1. The molecule has 2 fully saturated rings. The van der Waals surface area contributed by atoms with Crippen LogP contribution >= 0.6 is 0 Å². The maximum Gasteiger partial charge on any atom is 0.236 e. The first-order chi connectivity index (χ1) is 14.9. The van der Waals surface area contributed by atoms with Crippen molar-refractivity contribution in [3.05, 3.63) is 35.7 Å². The summed E-state index contributed by atoms with van der Waals surface area (Å²) in [5, 5.41) is 0. The zero-order valence-corrected chi connectivity index (χ0v) is 19.2. The van der Waals surface area contributed by atoms with E-state index in [4.69, 9.17) is 4.98 Å². The van der Waals surface area contributed by atoms with Crippen LogP contribution in [0.5, 0.6) is 0 Å². The minimum Gasteiger partial charge on any atom is -0.354 e. The van der Waals surface area contributed by atoms with Crippen LogP contribution in [0.3, 0.4) is 0 Å². The number of aromatic nitrogens is 3. The number of anilines is 1. The number of aryl methyl sites for hydroxylation is 1. The SMILES string of the molecule is Cc1nc(-c2ccccn2)nc(N2CCN(CC(=O)N3CC(C)CC(C)C3)CC2)c1C. The summed E-state index contributed by atoms with van der Waals surface area (Å²) in [6.45, 7) is 14.4. The second kappa shape index (κ2) is 9.30. The molecule has 0 radical (unpaired) electrons. The van der Waals surface area contributed by atoms with Crippen LogP contribution in [0.2, 0.25) is 0 Å². The highest BCUT2D eigenvalue weighted by Crippen LogP contribution is 2.25. The summed E-state index contributed by atoms with van der Waals surface area (Å²) in [6, 6.07) is 5.80. The molecule has 2 saturated heterocycles. The van der Waals surface area contributed by atoms with E-state index in [9.17, 15) is 4.79 Å². The molecule has 166 valence electrons. The summed E-state index contributed by atoms with van der Waals surface area (Å²) in [6.07, 6.45) is 2.99. The number of hydrogen-bond acceptors (Lipinski definition) is 6. The lowest BCUT2D eigenvalue weighted by molar-refractivity contribution is -0.135. The molecular formula is C24H34N6O. The molecule has 2 aliphatic rings. The lowest BCUT2D eigenvalue weighted by atomic mass is 9.92. The van der Waals surface area contributed by atoms with Gasteiger partial charge in [-0.15, -0.1) is 0 Å². The summed E-state index contributed by atoms with van der Waals surface area (Å²) in [7, 11) is 0. The summed E-state index contributed by atoms with van der Waals surface area (Å²) in [4.78, 5) is 33.5. The molecule has 2 aromatic heterocycles. The van der Waals surface area contributed by atoms with Crippen LogP contribution in [-0.4, -0.2) is 76.5 Å². The molecular weight excluding hydrogens is 388 g/mol. The molecule has 0 N–H and O–H groups in total. The van der Waals surface area contributed by atoms with Gasteiger partial charge in [-0.3, -0.25) is 14.7 Å². The number of hydrogen-bond donors (Lipinski definition) is 0. The largest absolute Gasteiger partial charge is 0.354 e. The number of likely N-dealkylation sites (tertiary alicyclic amines) is 1. The van der Waals surface area contributed by atoms with Crippen LogP contribution < -0.4 is 4.90 Å². The number of amides is 1. The molecule has 4 rings (SSSR count). The van der Waals surface area contributed by atoms with Gasteiger partial charge < -0.3 is 9.80 Å². The molecule has 2 unspecified atom stereocenters. The van der Waals surface area contributed by atoms with Gasteiger partial charge in [-0.25, -0.2) is 9.97 Å². The Morgan fingerprint density at radius 1 is 1.03 bits per heavy atom. The first kappa shape index (κ1) is 21.7. The van der Waals surface area contributed by atoms with Gasteiger partial charge in [-0.05, 0) is 44.2 Å². The van der Waals surface area contributed by atoms with E-state index in [-0.39, 0.29) is 5.91 Å². The number of rotatable bonds is 4. The Labute approximate surface area is 185 Å². The first-order valence-corrected chi connectivity index (χ1v) is 11.4. The van der Waals surface area contributed by atoms with Crippen molar-refractivity contribution in [2.75, 3.05) is 50.7 Å². The molecule has 0 saturated carbocycles. The molecule has 2 aromatic rings. The second-order valence-electron chi connectivity index (χ2n) is 9.30. The van der Waals surface area contributed by atoms with Crippen LogP contribution in [0.25, 0.3) is 11.5 Å². The van der Waals surface area contributed by atoms with Crippen LogP contribution in [0.4, 0.5) is 5.82 Å². The highest BCUT2D eigenvalue weighted by molar-refractivity contribution is 5.78. The van der Waals surface area contributed by atoms with Gasteiger partial charge in [-0.2, -0.15) is 0 Å². The van der Waals surface area contributed by atoms with Crippen molar-refractivity contribution in [3.63, 3.8) is 0 Å². The first-order valence-electron chi connectivity index (χ1n) is 11.4. The lowest BCUT2D eigenvalue weighted by Crippen LogP contribution is -2.52. The van der Waals surface area contributed by atoms with E-state index in [0.29, 0.717) is 24.2 Å². The summed E-state index contributed by atoms with van der Waals surface area (Å²) in [5.74, 6) is 3.13. The number of carbonyl (C=O) groups is 1. The molecule has 1 amide bonds. The second-order valence-corrected chi connectivity index (χ2v) is 9.30. The topological polar surface area (TPSA) is 65.5 Å². The molecule has 0 bridgehead atoms. The van der Waals surface area contributed by atoms with Crippen molar-refractivity contribution in [1.29, 1.82) is 0 Å². The maximum absolute atomic E-state index is 12.9. The molecule has 0 aliphatic carbocycles. The third-order valence-corrected chi connectivity index (χ3v) is 6.51. The average Bonchev–Trinajstić information content (AvgIpc) is 2.76. The van der Waals surface area contributed by atoms with E-state index in [1.807, 2.05) is 25.1 Å². The van der Waals surface area contributed by atoms with E-state index in [2.05, 4.69) is 45.4 Å². The molecule has 7 nitrogen and oxygen atoms in total. The zero-order chi connectivity index (χ0) is 22.0. The molecule has 4 heterocycles. The van der Waals surface area contributed by atoms with Gasteiger partial charge in [0.05, 0.1) is 6.54 Å². The van der Waals surface area contributed by atoms with E-state index in [0.717, 1.165) is 62.0 Å². The van der Waals surface area contributed by atoms with E-state index in [1.54, 1.807) is 6.20 Å². The Morgan fingerprint density at radius 2 is 1.74 bits per heavy atom. The fraction of sp³-hybridized carbons (Fsp3) is 0.583. The fourth-order valence-corrected chi connectivity index (χ4v) is 4.81. The van der Waals surface area contributed by atoms with Crippen molar-refractivity contribution in [2.24, 2.45) is 11.8 Å². The van der Waals surface area contributed by atoms with Crippen LogP contribution in [0.15, 0.2) is 24.4 Å². The summed E-state index contributed by atoms with van der Waals surface area (Å²) in [5.41, 5.74) is 2.89. The van der Waals surface area contributed by atoms with E-state index in [1.165, 1.54) is 6.42 Å². The molecule has 7 heteroatoms. The standard InChI is InChI=1S/C24H34N6O/c1-17-13-18(2)15-30(14-17)22(31)16-28-9-11-29(12-10-28)24-19(3)20(4)26-23(27-24)21-7-5-6-8-25-21/h5-8,17-18H,9-16H2,1-4H3. The van der Waals surface area contributed by atoms with Gasteiger partial charge in [-0.1, -0.05) is 19.9 Å². The number of pyridine rings is 1. The molecule has 31 heavy (non-hydrogen) atoms. The minimum atomic E-state index is 0.276. The van der Waals surface area contributed by atoms with Gasteiger partial charge in [0.15, 0.2) is 5.82 Å². The predicted molar refractivity (Wildman–Crippen MR) is 123 cm³/mol. The summed E-state index contributed by atoms with van der Waals surface area (Å²) >= 11 is 0. The monoisotopic (exact) mass is 422 g/mol. The molecule has 0 aromatic carbocycles. The van der Waals surface area contributed by atoms with Gasteiger partial charge in [0.1, 0.15) is 11.5 Å². The van der Waals surface area contributed by atoms with Crippen molar-refractivity contribution < 1.29 is 4.79 Å². The maximum atomic E-state index is 12.9. The van der Waals surface area contributed by atoms with Crippen LogP contribution in [-0.2, 0) is 4.79 Å². The Hall–Kier alpha value is -2.54. The molecule has 2 atom stereocenters. The Kier molecular flexibility index (Phi) is 6.51. The third kappa shape index (κ3) is 5.03. The quantitative estimate of drug-likeness (QED) is 0.755. The van der Waals surface area contributed by atoms with Crippen LogP contribution in [0.1, 0.15) is 31.5 Å². The number of piperazine rings is 1. The van der Waals surface area contributed by atoms with Crippen molar-refractivity contribution >= 4 is 11.7 Å². The summed E-state index contributed by atoms with van der Waals surface area (Å²) < 4.78 is 0. The minimum absolute atomic E-state index is 0.276. The molecule has 2 aliphatic heterocycles. The van der Waals surface area contributed by atoms with Gasteiger partial charge in [0.2, 0.25) is 5.91 Å². The lowest BCUT2D eigenvalue weighted by Gasteiger charge is -2.39. The van der Waals surface area contributed by atoms with Gasteiger partial charge >= 0.3 is 0 Å². The van der Waals surface area contributed by atoms with Gasteiger partial charge in [0, 0.05) is 56.7 Å². The zero-order valence-electron chi connectivity index (χ0n) is 19.2.